The van der Waals surface area contributed by atoms with Gasteiger partial charge in [0.1, 0.15) is 5.82 Å². The minimum Gasteiger partial charge on any atom is -0.396 e. The Balaban J connectivity index is 2.02. The van der Waals surface area contributed by atoms with Gasteiger partial charge in [0.2, 0.25) is 0 Å². The molecule has 1 heterocycles. The highest BCUT2D eigenvalue weighted by Gasteiger charge is 2.06. The fourth-order valence-electron chi connectivity index (χ4n) is 2.01. The molecule has 0 aliphatic heterocycles. The van der Waals surface area contributed by atoms with Gasteiger partial charge in [-0.15, -0.1) is 0 Å². The van der Waals surface area contributed by atoms with Crippen molar-refractivity contribution < 1.29 is 4.39 Å². The number of benzene rings is 2. The van der Waals surface area contributed by atoms with Crippen LogP contribution in [0.4, 0.5) is 21.5 Å². The summed E-state index contributed by atoms with van der Waals surface area (Å²) >= 11 is 3.16. The van der Waals surface area contributed by atoms with Crippen molar-refractivity contribution >= 4 is 43.9 Å². The van der Waals surface area contributed by atoms with Crippen LogP contribution in [-0.2, 0) is 0 Å². The number of nitrogens with two attached hydrogens (primary N) is 1. The van der Waals surface area contributed by atoms with Gasteiger partial charge in [0.05, 0.1) is 21.4 Å². The second-order valence-electron chi connectivity index (χ2n) is 4.35. The highest BCUT2D eigenvalue weighted by atomic mass is 79.9. The van der Waals surface area contributed by atoms with E-state index in [1.165, 1.54) is 6.07 Å². The van der Waals surface area contributed by atoms with Gasteiger partial charge in [-0.25, -0.2) is 4.39 Å². The van der Waals surface area contributed by atoms with Gasteiger partial charge in [0, 0.05) is 17.3 Å². The zero-order valence-corrected chi connectivity index (χ0v) is 12.0. The van der Waals surface area contributed by atoms with Crippen LogP contribution in [0.25, 0.3) is 10.9 Å². The Morgan fingerprint density at radius 1 is 1.15 bits per heavy atom. The van der Waals surface area contributed by atoms with Crippen molar-refractivity contribution in [2.45, 2.75) is 0 Å². The molecule has 0 bridgehead atoms. The maximum atomic E-state index is 13.2. The molecule has 0 spiro atoms. The monoisotopic (exact) mass is 331 g/mol. The highest BCUT2D eigenvalue weighted by Crippen LogP contribution is 2.31. The molecule has 2 aromatic carbocycles. The van der Waals surface area contributed by atoms with Crippen molar-refractivity contribution in [1.29, 1.82) is 0 Å². The summed E-state index contributed by atoms with van der Waals surface area (Å²) in [6, 6.07) is 12.2. The molecule has 0 saturated carbocycles. The van der Waals surface area contributed by atoms with Crippen molar-refractivity contribution in [2.24, 2.45) is 0 Å². The van der Waals surface area contributed by atoms with E-state index in [4.69, 9.17) is 5.73 Å². The minimum atomic E-state index is -0.300. The smallest absolute Gasteiger partial charge is 0.137 e. The molecule has 0 saturated heterocycles. The van der Waals surface area contributed by atoms with Gasteiger partial charge in [0.25, 0.3) is 0 Å². The molecule has 0 unspecified atom stereocenters. The largest absolute Gasteiger partial charge is 0.396 e. The number of rotatable bonds is 2. The van der Waals surface area contributed by atoms with E-state index in [-0.39, 0.29) is 5.82 Å². The zero-order valence-electron chi connectivity index (χ0n) is 10.4. The van der Waals surface area contributed by atoms with Crippen molar-refractivity contribution in [2.75, 3.05) is 11.1 Å². The zero-order chi connectivity index (χ0) is 14.1. The van der Waals surface area contributed by atoms with Crippen molar-refractivity contribution in [3.05, 3.63) is 59.0 Å². The van der Waals surface area contributed by atoms with E-state index in [2.05, 4.69) is 26.2 Å². The number of pyridine rings is 1. The number of hydrogen-bond donors (Lipinski definition) is 2. The van der Waals surface area contributed by atoms with Gasteiger partial charge in [0.15, 0.2) is 0 Å². The normalized spacial score (nSPS) is 10.7. The second-order valence-corrected chi connectivity index (χ2v) is 5.21. The minimum absolute atomic E-state index is 0.300. The molecule has 20 heavy (non-hydrogen) atoms. The van der Waals surface area contributed by atoms with E-state index < -0.39 is 0 Å². The average molecular weight is 332 g/mol. The van der Waals surface area contributed by atoms with Crippen LogP contribution in [0.2, 0.25) is 0 Å². The molecule has 1 aromatic heterocycles. The van der Waals surface area contributed by atoms with E-state index in [0.717, 1.165) is 22.3 Å². The number of nitrogens with one attached hydrogen (secondary N) is 1. The summed E-state index contributed by atoms with van der Waals surface area (Å²) in [7, 11) is 0. The average Bonchev–Trinajstić information content (AvgIpc) is 2.46. The predicted octanol–water partition coefficient (Wildman–Crippen LogP) is 4.46. The van der Waals surface area contributed by atoms with Gasteiger partial charge >= 0.3 is 0 Å². The van der Waals surface area contributed by atoms with E-state index in [1.54, 1.807) is 18.3 Å². The molecule has 0 aliphatic carbocycles. The lowest BCUT2D eigenvalue weighted by Gasteiger charge is -2.11. The molecule has 100 valence electrons. The number of nitrogens with zero attached hydrogens (tertiary/aromatic N) is 1. The molecule has 3 N–H and O–H groups in total. The fourth-order valence-corrected chi connectivity index (χ4v) is 2.39. The maximum absolute atomic E-state index is 13.2. The molecule has 0 fully saturated rings. The van der Waals surface area contributed by atoms with Crippen LogP contribution in [-0.4, -0.2) is 4.98 Å². The summed E-state index contributed by atoms with van der Waals surface area (Å²) in [5, 5.41) is 4.07. The number of hydrogen-bond acceptors (Lipinski definition) is 3. The third kappa shape index (κ3) is 2.32. The van der Waals surface area contributed by atoms with E-state index in [9.17, 15) is 4.39 Å². The lowest BCUT2D eigenvalue weighted by molar-refractivity contribution is 0.621. The second kappa shape index (κ2) is 5.09. The van der Waals surface area contributed by atoms with Gasteiger partial charge in [-0.1, -0.05) is 0 Å². The molecule has 3 rings (SSSR count). The third-order valence-electron chi connectivity index (χ3n) is 3.03. The summed E-state index contributed by atoms with van der Waals surface area (Å²) in [4.78, 5) is 4.25. The number of halogens is 2. The molecule has 0 amide bonds. The van der Waals surface area contributed by atoms with Gasteiger partial charge in [-0.2, -0.15) is 0 Å². The quantitative estimate of drug-likeness (QED) is 0.681. The molecule has 3 nitrogen and oxygen atoms in total. The van der Waals surface area contributed by atoms with Gasteiger partial charge in [-0.05, 0) is 58.4 Å². The van der Waals surface area contributed by atoms with E-state index in [1.807, 2.05) is 24.3 Å². The van der Waals surface area contributed by atoms with Crippen molar-refractivity contribution in [1.82, 2.24) is 4.98 Å². The van der Waals surface area contributed by atoms with Gasteiger partial charge in [-0.3, -0.25) is 4.98 Å². The first-order chi connectivity index (χ1) is 9.65. The molecule has 5 heteroatoms. The number of anilines is 3. The Morgan fingerprint density at radius 2 is 2.00 bits per heavy atom. The highest BCUT2D eigenvalue weighted by molar-refractivity contribution is 9.10. The first-order valence-electron chi connectivity index (χ1n) is 6.00. The van der Waals surface area contributed by atoms with E-state index >= 15 is 0 Å². The Bertz CT molecular complexity index is 789. The van der Waals surface area contributed by atoms with Crippen LogP contribution in [0, 0.1) is 5.82 Å². The number of nitrogen functional groups attached to an aromatic ring is 1. The maximum Gasteiger partial charge on any atom is 0.137 e. The summed E-state index contributed by atoms with van der Waals surface area (Å²) in [6.07, 6.45) is 1.73. The summed E-state index contributed by atoms with van der Waals surface area (Å²) in [5.74, 6) is -0.300. The molecular formula is C15H11BrFN3. The number of aromatic nitrogens is 1. The van der Waals surface area contributed by atoms with Crippen LogP contribution in [0.15, 0.2) is 53.1 Å². The lowest BCUT2D eigenvalue weighted by atomic mass is 10.1. The lowest BCUT2D eigenvalue weighted by Crippen LogP contribution is -1.98. The number of fused-ring (bicyclic) bond motifs is 1. The summed E-state index contributed by atoms with van der Waals surface area (Å²) < 4.78 is 13.6. The molecule has 3 aromatic rings. The molecule has 0 aliphatic rings. The molecular weight excluding hydrogens is 321 g/mol. The Hall–Kier alpha value is -2.14. The van der Waals surface area contributed by atoms with Crippen LogP contribution in [0.1, 0.15) is 0 Å². The topological polar surface area (TPSA) is 50.9 Å². The predicted molar refractivity (Wildman–Crippen MR) is 83.5 cm³/mol. The standard InChI is InChI=1S/C15H11BrFN3/c16-11-8-9(3-4-12(11)17)20-14-6-5-13-10(15(14)18)2-1-7-19-13/h1-8,20H,18H2. The Morgan fingerprint density at radius 3 is 2.80 bits per heavy atom. The first-order valence-corrected chi connectivity index (χ1v) is 6.80. The fraction of sp³-hybridized carbons (Fsp3) is 0. The van der Waals surface area contributed by atoms with Crippen LogP contribution in [0.3, 0.4) is 0 Å². The first kappa shape index (κ1) is 12.9. The third-order valence-corrected chi connectivity index (χ3v) is 3.63. The molecule has 0 radical (unpaired) electrons. The van der Waals surface area contributed by atoms with Crippen molar-refractivity contribution in [3.8, 4) is 0 Å². The van der Waals surface area contributed by atoms with Crippen LogP contribution < -0.4 is 11.1 Å². The summed E-state index contributed by atoms with van der Waals surface area (Å²) in [6.45, 7) is 0. The van der Waals surface area contributed by atoms with Crippen LogP contribution in [0.5, 0.6) is 0 Å². The molecule has 0 atom stereocenters. The Kier molecular flexibility index (Phi) is 3.28. The van der Waals surface area contributed by atoms with Gasteiger partial charge < -0.3 is 11.1 Å². The van der Waals surface area contributed by atoms with Crippen LogP contribution >= 0.6 is 15.9 Å². The summed E-state index contributed by atoms with van der Waals surface area (Å²) in [5.41, 5.74) is 9.14. The Labute approximate surface area is 123 Å². The SMILES string of the molecule is Nc1c(Nc2ccc(F)c(Br)c2)ccc2ncccc12. The van der Waals surface area contributed by atoms with Crippen molar-refractivity contribution in [3.63, 3.8) is 0 Å². The van der Waals surface area contributed by atoms with E-state index in [0.29, 0.717) is 10.2 Å².